The predicted octanol–water partition coefficient (Wildman–Crippen LogP) is -0.418. The van der Waals surface area contributed by atoms with Crippen molar-refractivity contribution in [3.63, 3.8) is 0 Å². The molecule has 6 nitrogen and oxygen atoms in total. The summed E-state index contributed by atoms with van der Waals surface area (Å²) >= 11 is 0. The lowest BCUT2D eigenvalue weighted by Gasteiger charge is -2.26. The van der Waals surface area contributed by atoms with E-state index in [-0.39, 0.29) is 0 Å². The van der Waals surface area contributed by atoms with E-state index in [1.165, 1.54) is 4.90 Å². The quantitative estimate of drug-likeness (QED) is 0.561. The molecular weight excluding hydrogens is 234 g/mol. The van der Waals surface area contributed by atoms with Gasteiger partial charge in [-0.25, -0.2) is 5.90 Å². The molecule has 2 amide bonds. The van der Waals surface area contributed by atoms with Crippen LogP contribution in [0.4, 0.5) is 5.69 Å². The van der Waals surface area contributed by atoms with Gasteiger partial charge in [0.25, 0.3) is 0 Å². The lowest BCUT2D eigenvalue weighted by Crippen LogP contribution is -2.52. The van der Waals surface area contributed by atoms with Crippen LogP contribution in [0.3, 0.4) is 0 Å². The van der Waals surface area contributed by atoms with Gasteiger partial charge in [-0.3, -0.25) is 9.59 Å². The van der Waals surface area contributed by atoms with E-state index in [0.717, 1.165) is 11.3 Å². The van der Waals surface area contributed by atoms with Gasteiger partial charge >= 0.3 is 11.8 Å². The second-order valence-corrected chi connectivity index (χ2v) is 4.00. The Balaban J connectivity index is 2.16. The monoisotopic (exact) mass is 249 g/mol. The van der Waals surface area contributed by atoms with Gasteiger partial charge in [-0.15, -0.1) is 0 Å². The van der Waals surface area contributed by atoms with Gasteiger partial charge in [0.15, 0.2) is 0 Å². The normalized spacial score (nSPS) is 15.7. The van der Waals surface area contributed by atoms with Gasteiger partial charge < -0.3 is 15.1 Å². The summed E-state index contributed by atoms with van der Waals surface area (Å²) in [7, 11) is 0. The molecule has 1 heterocycles. The van der Waals surface area contributed by atoms with Crippen LogP contribution in [0.25, 0.3) is 0 Å². The first-order valence-electron chi connectivity index (χ1n) is 5.72. The molecule has 2 rings (SSSR count). The molecule has 1 aliphatic heterocycles. The van der Waals surface area contributed by atoms with Crippen molar-refractivity contribution in [1.82, 2.24) is 5.32 Å². The Bertz CT molecular complexity index is 462. The molecule has 0 saturated carbocycles. The lowest BCUT2D eigenvalue weighted by atomic mass is 10.1. The van der Waals surface area contributed by atoms with Gasteiger partial charge in [0.05, 0.1) is 6.61 Å². The molecule has 0 bridgehead atoms. The number of carbonyl (C=O) groups excluding carboxylic acids is 2. The molecular formula is C12H15N3O3. The van der Waals surface area contributed by atoms with Crippen molar-refractivity contribution >= 4 is 17.5 Å². The third-order valence-corrected chi connectivity index (χ3v) is 2.79. The van der Waals surface area contributed by atoms with Crippen LogP contribution in [-0.2, 0) is 20.8 Å². The number of amides is 2. The predicted molar refractivity (Wildman–Crippen MR) is 65.6 cm³/mol. The number of nitrogens with two attached hydrogens (primary N) is 1. The molecule has 0 radical (unpaired) electrons. The molecule has 0 aliphatic carbocycles. The zero-order valence-electron chi connectivity index (χ0n) is 9.89. The van der Waals surface area contributed by atoms with Crippen molar-refractivity contribution in [2.24, 2.45) is 5.90 Å². The number of nitrogens with one attached hydrogen (secondary N) is 1. The molecule has 1 fully saturated rings. The Morgan fingerprint density at radius 1 is 1.39 bits per heavy atom. The summed E-state index contributed by atoms with van der Waals surface area (Å²) in [5, 5.41) is 2.51. The minimum absolute atomic E-state index is 0.415. The smallest absolute Gasteiger partial charge is 0.316 e. The minimum Gasteiger partial charge on any atom is -0.346 e. The van der Waals surface area contributed by atoms with E-state index in [1.54, 1.807) is 0 Å². The first-order valence-corrected chi connectivity index (χ1v) is 5.72. The Hall–Kier alpha value is -1.92. The summed E-state index contributed by atoms with van der Waals surface area (Å²) < 4.78 is 0. The number of nitrogens with zero attached hydrogens (tertiary/aromatic N) is 1. The van der Waals surface area contributed by atoms with Crippen molar-refractivity contribution in [1.29, 1.82) is 0 Å². The fourth-order valence-electron chi connectivity index (χ4n) is 1.88. The van der Waals surface area contributed by atoms with Crippen LogP contribution in [0.2, 0.25) is 0 Å². The fraction of sp³-hybridized carbons (Fsp3) is 0.333. The molecule has 0 atom stereocenters. The summed E-state index contributed by atoms with van der Waals surface area (Å²) in [6.45, 7) is 1.38. The highest BCUT2D eigenvalue weighted by Crippen LogP contribution is 2.17. The van der Waals surface area contributed by atoms with Crippen LogP contribution in [0.15, 0.2) is 24.3 Å². The van der Waals surface area contributed by atoms with Gasteiger partial charge in [-0.2, -0.15) is 0 Å². The van der Waals surface area contributed by atoms with Gasteiger partial charge in [0, 0.05) is 18.8 Å². The van der Waals surface area contributed by atoms with Gasteiger partial charge in [-0.05, 0) is 24.1 Å². The van der Waals surface area contributed by atoms with E-state index >= 15 is 0 Å². The van der Waals surface area contributed by atoms with E-state index < -0.39 is 11.8 Å². The number of benzene rings is 1. The summed E-state index contributed by atoms with van der Waals surface area (Å²) in [4.78, 5) is 29.0. The topological polar surface area (TPSA) is 84.7 Å². The first-order chi connectivity index (χ1) is 8.72. The number of hydrogen-bond donors (Lipinski definition) is 2. The summed E-state index contributed by atoms with van der Waals surface area (Å²) in [6.07, 6.45) is 0.665. The molecule has 1 aromatic rings. The van der Waals surface area contributed by atoms with Crippen molar-refractivity contribution in [2.75, 3.05) is 24.6 Å². The molecule has 96 valence electrons. The molecule has 0 spiro atoms. The number of anilines is 1. The Kier molecular flexibility index (Phi) is 3.91. The zero-order chi connectivity index (χ0) is 13.0. The molecule has 0 unspecified atom stereocenters. The second-order valence-electron chi connectivity index (χ2n) is 4.00. The highest BCUT2D eigenvalue weighted by atomic mass is 16.6. The third kappa shape index (κ3) is 2.66. The number of carbonyl (C=O) groups is 2. The van der Waals surface area contributed by atoms with Crippen LogP contribution in [0.1, 0.15) is 5.56 Å². The largest absolute Gasteiger partial charge is 0.346 e. The number of piperazine rings is 1. The van der Waals surface area contributed by atoms with Gasteiger partial charge in [0.2, 0.25) is 0 Å². The average molecular weight is 249 g/mol. The van der Waals surface area contributed by atoms with E-state index in [0.29, 0.717) is 26.1 Å². The highest BCUT2D eigenvalue weighted by Gasteiger charge is 2.27. The second kappa shape index (κ2) is 5.61. The van der Waals surface area contributed by atoms with Crippen LogP contribution < -0.4 is 16.1 Å². The molecule has 1 aromatic carbocycles. The SMILES string of the molecule is NOCCc1cccc(N2CCNC(=O)C2=O)c1. The van der Waals surface area contributed by atoms with Crippen molar-refractivity contribution in [2.45, 2.75) is 6.42 Å². The van der Waals surface area contributed by atoms with Crippen LogP contribution in [0, 0.1) is 0 Å². The van der Waals surface area contributed by atoms with Crippen molar-refractivity contribution < 1.29 is 14.4 Å². The average Bonchev–Trinajstić information content (AvgIpc) is 2.40. The van der Waals surface area contributed by atoms with Gasteiger partial charge in [0.1, 0.15) is 0 Å². The molecule has 0 aromatic heterocycles. The fourth-order valence-corrected chi connectivity index (χ4v) is 1.88. The molecule has 1 saturated heterocycles. The Morgan fingerprint density at radius 2 is 2.22 bits per heavy atom. The molecule has 3 N–H and O–H groups in total. The maximum absolute atomic E-state index is 11.7. The highest BCUT2D eigenvalue weighted by molar-refractivity contribution is 6.41. The summed E-state index contributed by atoms with van der Waals surface area (Å²) in [5.41, 5.74) is 1.74. The maximum atomic E-state index is 11.7. The standard InChI is InChI=1S/C12H15N3O3/c13-18-7-4-9-2-1-3-10(8-9)15-6-5-14-11(16)12(15)17/h1-3,8H,4-7,13H2,(H,14,16). The van der Waals surface area contributed by atoms with E-state index in [9.17, 15) is 9.59 Å². The van der Waals surface area contributed by atoms with E-state index in [4.69, 9.17) is 5.90 Å². The number of rotatable bonds is 4. The van der Waals surface area contributed by atoms with E-state index in [2.05, 4.69) is 10.2 Å². The van der Waals surface area contributed by atoms with Crippen molar-refractivity contribution in [3.8, 4) is 0 Å². The lowest BCUT2D eigenvalue weighted by molar-refractivity contribution is -0.138. The Labute approximate surface area is 105 Å². The van der Waals surface area contributed by atoms with Crippen LogP contribution in [-0.4, -0.2) is 31.5 Å². The molecule has 6 heteroatoms. The first kappa shape index (κ1) is 12.5. The third-order valence-electron chi connectivity index (χ3n) is 2.79. The van der Waals surface area contributed by atoms with Crippen molar-refractivity contribution in [3.05, 3.63) is 29.8 Å². The Morgan fingerprint density at radius 3 is 3.00 bits per heavy atom. The zero-order valence-corrected chi connectivity index (χ0v) is 9.89. The number of hydrogen-bond acceptors (Lipinski definition) is 4. The molecule has 1 aliphatic rings. The summed E-state index contributed by atoms with van der Waals surface area (Å²) in [6, 6.07) is 7.46. The molecule has 18 heavy (non-hydrogen) atoms. The van der Waals surface area contributed by atoms with Crippen LogP contribution >= 0.6 is 0 Å². The van der Waals surface area contributed by atoms with Gasteiger partial charge in [-0.1, -0.05) is 12.1 Å². The summed E-state index contributed by atoms with van der Waals surface area (Å²) in [5.74, 6) is 3.90. The van der Waals surface area contributed by atoms with Crippen LogP contribution in [0.5, 0.6) is 0 Å². The maximum Gasteiger partial charge on any atom is 0.316 e. The van der Waals surface area contributed by atoms with E-state index in [1.807, 2.05) is 24.3 Å². The minimum atomic E-state index is -0.558.